The van der Waals surface area contributed by atoms with Crippen molar-refractivity contribution >= 4 is 45.8 Å². The normalized spacial score (nSPS) is 16.0. The summed E-state index contributed by atoms with van der Waals surface area (Å²) < 4.78 is 5.28. The first-order valence-corrected chi connectivity index (χ1v) is 11.7. The van der Waals surface area contributed by atoms with Gasteiger partial charge in [-0.3, -0.25) is 4.79 Å². The van der Waals surface area contributed by atoms with Crippen molar-refractivity contribution in [1.29, 1.82) is 0 Å². The zero-order valence-corrected chi connectivity index (χ0v) is 18.5. The second-order valence-electron chi connectivity index (χ2n) is 7.10. The number of thiophene rings is 1. The molecule has 1 aliphatic rings. The molecule has 4 aromatic rings. The number of amides is 1. The molecule has 1 atom stereocenters. The fourth-order valence-electron chi connectivity index (χ4n) is 3.61. The minimum Gasteiger partial charge on any atom is -0.497 e. The maximum atomic E-state index is 13.2. The fourth-order valence-corrected chi connectivity index (χ4v) is 5.07. The summed E-state index contributed by atoms with van der Waals surface area (Å²) in [6, 6.07) is 19.6. The van der Waals surface area contributed by atoms with Gasteiger partial charge in [0.05, 0.1) is 40.5 Å². The number of fused-ring (bicyclic) bond motifs is 1. The number of rotatable bonds is 6. The van der Waals surface area contributed by atoms with Crippen molar-refractivity contribution < 1.29 is 9.53 Å². The molecule has 3 heterocycles. The first kappa shape index (κ1) is 19.8. The summed E-state index contributed by atoms with van der Waals surface area (Å²) in [5, 5.41) is 9.12. The first-order valence-electron chi connectivity index (χ1n) is 9.86. The van der Waals surface area contributed by atoms with Gasteiger partial charge in [-0.1, -0.05) is 42.1 Å². The van der Waals surface area contributed by atoms with E-state index in [1.165, 1.54) is 11.8 Å². The number of benzene rings is 2. The van der Waals surface area contributed by atoms with Crippen LogP contribution in [0.25, 0.3) is 11.0 Å². The van der Waals surface area contributed by atoms with Gasteiger partial charge in [0.1, 0.15) is 5.75 Å². The smallest absolute Gasteiger partial charge is 0.253 e. The van der Waals surface area contributed by atoms with Crippen LogP contribution in [0.2, 0.25) is 0 Å². The van der Waals surface area contributed by atoms with E-state index in [2.05, 4.69) is 9.97 Å². The lowest BCUT2D eigenvalue weighted by atomic mass is 10.0. The van der Waals surface area contributed by atoms with Gasteiger partial charge in [-0.2, -0.15) is 5.10 Å². The van der Waals surface area contributed by atoms with Gasteiger partial charge < -0.3 is 9.72 Å². The molecule has 1 N–H and O–H groups in total. The fraction of sp³-hybridized carbons (Fsp3) is 0.174. The zero-order chi connectivity index (χ0) is 21.2. The average molecular weight is 449 g/mol. The molecule has 31 heavy (non-hydrogen) atoms. The number of para-hydroxylation sites is 2. The Labute approximate surface area is 188 Å². The first-order chi connectivity index (χ1) is 15.2. The number of hydrogen-bond acceptors (Lipinski definition) is 6. The van der Waals surface area contributed by atoms with E-state index in [0.717, 1.165) is 38.1 Å². The third-order valence-corrected chi connectivity index (χ3v) is 6.95. The highest BCUT2D eigenvalue weighted by Gasteiger charge is 2.33. The van der Waals surface area contributed by atoms with Crippen LogP contribution in [0.4, 0.5) is 0 Å². The van der Waals surface area contributed by atoms with Crippen molar-refractivity contribution in [3.05, 3.63) is 76.5 Å². The summed E-state index contributed by atoms with van der Waals surface area (Å²) in [6.45, 7) is 0. The van der Waals surface area contributed by atoms with Crippen LogP contribution in [0.5, 0.6) is 5.75 Å². The van der Waals surface area contributed by atoms with Crippen molar-refractivity contribution in [2.24, 2.45) is 5.10 Å². The molecule has 1 aliphatic heterocycles. The van der Waals surface area contributed by atoms with E-state index in [9.17, 15) is 4.79 Å². The van der Waals surface area contributed by atoms with Crippen molar-refractivity contribution in [1.82, 2.24) is 15.0 Å². The number of nitrogens with zero attached hydrogens (tertiary/aromatic N) is 3. The molecule has 0 saturated carbocycles. The Morgan fingerprint density at radius 2 is 2.03 bits per heavy atom. The molecule has 0 radical (unpaired) electrons. The van der Waals surface area contributed by atoms with Crippen molar-refractivity contribution in [2.45, 2.75) is 17.6 Å². The van der Waals surface area contributed by atoms with E-state index >= 15 is 0 Å². The average Bonchev–Trinajstić information content (AvgIpc) is 3.56. The van der Waals surface area contributed by atoms with Crippen molar-refractivity contribution in [3.8, 4) is 5.75 Å². The maximum Gasteiger partial charge on any atom is 0.253 e. The Balaban J connectivity index is 1.37. The second kappa shape index (κ2) is 8.56. The predicted molar refractivity (Wildman–Crippen MR) is 125 cm³/mol. The molecule has 2 aromatic carbocycles. The monoisotopic (exact) mass is 448 g/mol. The largest absolute Gasteiger partial charge is 0.497 e. The molecule has 1 unspecified atom stereocenters. The number of methoxy groups -OCH3 is 1. The molecule has 0 saturated heterocycles. The molecule has 0 bridgehead atoms. The quantitative estimate of drug-likeness (QED) is 0.417. The van der Waals surface area contributed by atoms with Gasteiger partial charge in [0.15, 0.2) is 5.16 Å². The van der Waals surface area contributed by atoms with Crippen LogP contribution in [-0.4, -0.2) is 39.5 Å². The van der Waals surface area contributed by atoms with E-state index in [0.29, 0.717) is 6.42 Å². The molecule has 6 nitrogen and oxygen atoms in total. The Hall–Kier alpha value is -3.10. The molecule has 2 aromatic heterocycles. The molecular weight excluding hydrogens is 428 g/mol. The summed E-state index contributed by atoms with van der Waals surface area (Å²) in [7, 11) is 1.65. The van der Waals surface area contributed by atoms with Gasteiger partial charge in [0.2, 0.25) is 0 Å². The van der Waals surface area contributed by atoms with Crippen LogP contribution in [-0.2, 0) is 4.79 Å². The van der Waals surface area contributed by atoms with E-state index in [1.54, 1.807) is 23.5 Å². The number of ether oxygens (including phenoxy) is 1. The Bertz CT molecular complexity index is 1200. The predicted octanol–water partition coefficient (Wildman–Crippen LogP) is 5.10. The van der Waals surface area contributed by atoms with Gasteiger partial charge in [-0.15, -0.1) is 11.3 Å². The highest BCUT2D eigenvalue weighted by atomic mass is 32.2. The van der Waals surface area contributed by atoms with Crippen LogP contribution in [0.15, 0.2) is 76.3 Å². The summed E-state index contributed by atoms with van der Waals surface area (Å²) in [5.41, 5.74) is 3.84. The number of hydrazone groups is 1. The Kier molecular flexibility index (Phi) is 5.48. The topological polar surface area (TPSA) is 70.6 Å². The molecule has 0 fully saturated rings. The summed E-state index contributed by atoms with van der Waals surface area (Å²) in [4.78, 5) is 22.1. The van der Waals surface area contributed by atoms with E-state index in [1.807, 2.05) is 66.0 Å². The highest BCUT2D eigenvalue weighted by Crippen LogP contribution is 2.35. The number of thioether (sulfide) groups is 1. The summed E-state index contributed by atoms with van der Waals surface area (Å²) in [6.07, 6.45) is 0.688. The standard InChI is InChI=1S/C23H20N4O2S2/c1-29-16-10-8-15(9-11-16)20-13-19(21-7-4-12-30-21)26-27(20)22(28)14-31-23-24-17-5-2-3-6-18(17)25-23/h2-12,20H,13-14H2,1H3,(H,24,25). The molecule has 5 rings (SSSR count). The Morgan fingerprint density at radius 3 is 2.77 bits per heavy atom. The van der Waals surface area contributed by atoms with Gasteiger partial charge in [0.25, 0.3) is 5.91 Å². The highest BCUT2D eigenvalue weighted by molar-refractivity contribution is 7.99. The molecule has 1 amide bonds. The Morgan fingerprint density at radius 1 is 1.19 bits per heavy atom. The lowest BCUT2D eigenvalue weighted by Crippen LogP contribution is -2.28. The third kappa shape index (κ3) is 4.08. The van der Waals surface area contributed by atoms with Gasteiger partial charge >= 0.3 is 0 Å². The number of carbonyl (C=O) groups is 1. The summed E-state index contributed by atoms with van der Waals surface area (Å²) >= 11 is 3.04. The number of imidazole rings is 1. The lowest BCUT2D eigenvalue weighted by Gasteiger charge is -2.22. The number of aromatic amines is 1. The van der Waals surface area contributed by atoms with Gasteiger partial charge in [0, 0.05) is 6.42 Å². The molecule has 8 heteroatoms. The third-order valence-electron chi connectivity index (χ3n) is 5.17. The van der Waals surface area contributed by atoms with Crippen LogP contribution >= 0.6 is 23.1 Å². The SMILES string of the molecule is COc1ccc(C2CC(c3cccs3)=NN2C(=O)CSc2nc3ccccc3[nH]2)cc1. The minimum absolute atomic E-state index is 0.0437. The van der Waals surface area contributed by atoms with Crippen LogP contribution in [0, 0.1) is 0 Å². The number of nitrogens with one attached hydrogen (secondary N) is 1. The van der Waals surface area contributed by atoms with Gasteiger partial charge in [-0.05, 0) is 41.3 Å². The second-order valence-corrected chi connectivity index (χ2v) is 9.01. The lowest BCUT2D eigenvalue weighted by molar-refractivity contribution is -0.130. The van der Waals surface area contributed by atoms with E-state index in [4.69, 9.17) is 9.84 Å². The number of hydrogen-bond donors (Lipinski definition) is 1. The molecule has 0 aliphatic carbocycles. The van der Waals surface area contributed by atoms with Crippen LogP contribution in [0.3, 0.4) is 0 Å². The van der Waals surface area contributed by atoms with E-state index in [-0.39, 0.29) is 17.7 Å². The minimum atomic E-state index is -0.133. The van der Waals surface area contributed by atoms with Gasteiger partial charge in [-0.25, -0.2) is 9.99 Å². The number of H-pyrrole nitrogens is 1. The number of carbonyl (C=O) groups excluding carboxylic acids is 1. The maximum absolute atomic E-state index is 13.2. The van der Waals surface area contributed by atoms with Crippen molar-refractivity contribution in [3.63, 3.8) is 0 Å². The number of aromatic nitrogens is 2. The van der Waals surface area contributed by atoms with Crippen LogP contribution < -0.4 is 4.74 Å². The van der Waals surface area contributed by atoms with Crippen molar-refractivity contribution in [2.75, 3.05) is 12.9 Å². The van der Waals surface area contributed by atoms with Crippen LogP contribution in [0.1, 0.15) is 22.9 Å². The molecule has 0 spiro atoms. The summed E-state index contributed by atoms with van der Waals surface area (Å²) in [5.74, 6) is 1.01. The zero-order valence-electron chi connectivity index (χ0n) is 16.8. The van der Waals surface area contributed by atoms with E-state index < -0.39 is 0 Å². The molecule has 156 valence electrons. The molecular formula is C23H20N4O2S2.